The summed E-state index contributed by atoms with van der Waals surface area (Å²) in [5.41, 5.74) is 3.92. The number of amides is 1. The van der Waals surface area contributed by atoms with E-state index in [-0.39, 0.29) is 5.91 Å². The van der Waals surface area contributed by atoms with Crippen LogP contribution in [-0.2, 0) is 17.8 Å². The molecule has 1 aromatic carbocycles. The van der Waals surface area contributed by atoms with Crippen molar-refractivity contribution in [1.29, 1.82) is 0 Å². The maximum absolute atomic E-state index is 12.1. The Labute approximate surface area is 149 Å². The average molecular weight is 345 g/mol. The molecule has 2 aromatic rings. The third-order valence-electron chi connectivity index (χ3n) is 4.18. The molecule has 2 rings (SSSR count). The van der Waals surface area contributed by atoms with E-state index >= 15 is 0 Å². The number of rotatable bonds is 8. The predicted molar refractivity (Wildman–Crippen MR) is 103 cm³/mol. The van der Waals surface area contributed by atoms with Gasteiger partial charge in [0.15, 0.2) is 0 Å². The molecular weight excluding hydrogens is 316 g/mol. The summed E-state index contributed by atoms with van der Waals surface area (Å²) in [6, 6.07) is 10.8. The summed E-state index contributed by atoms with van der Waals surface area (Å²) in [5, 5.41) is 5.12. The number of nitrogens with zero attached hydrogens (tertiary/aromatic N) is 1. The second-order valence-electron chi connectivity index (χ2n) is 6.70. The van der Waals surface area contributed by atoms with Crippen molar-refractivity contribution in [2.24, 2.45) is 0 Å². The highest BCUT2D eigenvalue weighted by Crippen LogP contribution is 2.17. The fourth-order valence-electron chi connectivity index (χ4n) is 2.58. The van der Waals surface area contributed by atoms with Crippen molar-refractivity contribution in [2.75, 3.05) is 20.1 Å². The van der Waals surface area contributed by atoms with Crippen LogP contribution in [0.4, 0.5) is 0 Å². The number of hydrogen-bond acceptors (Lipinski definition) is 3. The van der Waals surface area contributed by atoms with Crippen molar-refractivity contribution in [3.63, 3.8) is 0 Å². The first-order chi connectivity index (χ1) is 11.5. The molecule has 130 valence electrons. The normalized spacial score (nSPS) is 11.2. The van der Waals surface area contributed by atoms with Crippen LogP contribution in [0.15, 0.2) is 35.7 Å². The van der Waals surface area contributed by atoms with E-state index in [2.05, 4.69) is 66.7 Å². The zero-order valence-electron chi connectivity index (χ0n) is 15.1. The molecule has 0 unspecified atom stereocenters. The van der Waals surface area contributed by atoms with E-state index in [0.29, 0.717) is 19.0 Å². The van der Waals surface area contributed by atoms with Gasteiger partial charge in [0, 0.05) is 18.0 Å². The highest BCUT2D eigenvalue weighted by molar-refractivity contribution is 7.10. The van der Waals surface area contributed by atoms with Crippen molar-refractivity contribution in [3.05, 3.63) is 57.3 Å². The lowest BCUT2D eigenvalue weighted by Gasteiger charge is -2.16. The van der Waals surface area contributed by atoms with Crippen LogP contribution in [0.1, 0.15) is 41.3 Å². The van der Waals surface area contributed by atoms with Gasteiger partial charge in [0.1, 0.15) is 0 Å². The standard InChI is InChI=1S/C20H28N2OS/c1-15(2)18-7-5-17(6-8-18)9-11-21-20(23)14-22(4)13-19-16(3)10-12-24-19/h5-8,10,12,15H,9,11,13-14H2,1-4H3,(H,21,23). The molecule has 1 N–H and O–H groups in total. The van der Waals surface area contributed by atoms with E-state index in [1.807, 2.05) is 7.05 Å². The number of nitrogens with one attached hydrogen (secondary N) is 1. The van der Waals surface area contributed by atoms with E-state index in [1.165, 1.54) is 21.6 Å². The van der Waals surface area contributed by atoms with Crippen molar-refractivity contribution in [2.45, 2.75) is 39.7 Å². The molecule has 0 fully saturated rings. The minimum absolute atomic E-state index is 0.0884. The summed E-state index contributed by atoms with van der Waals surface area (Å²) in [5.74, 6) is 0.645. The maximum Gasteiger partial charge on any atom is 0.234 e. The molecule has 0 spiro atoms. The van der Waals surface area contributed by atoms with Crippen molar-refractivity contribution < 1.29 is 4.79 Å². The van der Waals surface area contributed by atoms with Crippen molar-refractivity contribution in [1.82, 2.24) is 10.2 Å². The Hall–Kier alpha value is -1.65. The first-order valence-corrected chi connectivity index (χ1v) is 9.40. The molecule has 0 aliphatic carbocycles. The van der Waals surface area contributed by atoms with Crippen LogP contribution in [0.2, 0.25) is 0 Å². The SMILES string of the molecule is Cc1ccsc1CN(C)CC(=O)NCCc1ccc(C(C)C)cc1. The molecule has 0 atom stereocenters. The Morgan fingerprint density at radius 2 is 1.92 bits per heavy atom. The minimum Gasteiger partial charge on any atom is -0.355 e. The summed E-state index contributed by atoms with van der Waals surface area (Å²) >= 11 is 1.75. The monoisotopic (exact) mass is 344 g/mol. The van der Waals surface area contributed by atoms with Gasteiger partial charge in [-0.3, -0.25) is 9.69 Å². The van der Waals surface area contributed by atoms with Crippen LogP contribution in [0.5, 0.6) is 0 Å². The van der Waals surface area contributed by atoms with Crippen LogP contribution in [0.3, 0.4) is 0 Å². The lowest BCUT2D eigenvalue weighted by atomic mass is 10.0. The quantitative estimate of drug-likeness (QED) is 0.786. The lowest BCUT2D eigenvalue weighted by molar-refractivity contribution is -0.122. The van der Waals surface area contributed by atoms with E-state index in [0.717, 1.165) is 13.0 Å². The molecule has 0 saturated heterocycles. The van der Waals surface area contributed by atoms with E-state index in [4.69, 9.17) is 0 Å². The minimum atomic E-state index is 0.0884. The van der Waals surface area contributed by atoms with Crippen molar-refractivity contribution in [3.8, 4) is 0 Å². The number of thiophene rings is 1. The number of carbonyl (C=O) groups excluding carboxylic acids is 1. The third-order valence-corrected chi connectivity index (χ3v) is 5.19. The van der Waals surface area contributed by atoms with Gasteiger partial charge in [0.2, 0.25) is 5.91 Å². The number of benzene rings is 1. The highest BCUT2D eigenvalue weighted by Gasteiger charge is 2.09. The van der Waals surface area contributed by atoms with Gasteiger partial charge >= 0.3 is 0 Å². The Kier molecular flexibility index (Phi) is 7.00. The number of hydrogen-bond donors (Lipinski definition) is 1. The Morgan fingerprint density at radius 1 is 1.21 bits per heavy atom. The molecule has 3 nitrogen and oxygen atoms in total. The number of carbonyl (C=O) groups is 1. The molecule has 0 saturated carbocycles. The van der Waals surface area contributed by atoms with Gasteiger partial charge in [-0.1, -0.05) is 38.1 Å². The summed E-state index contributed by atoms with van der Waals surface area (Å²) in [4.78, 5) is 15.4. The molecule has 0 radical (unpaired) electrons. The summed E-state index contributed by atoms with van der Waals surface area (Å²) in [6.45, 7) is 8.46. The molecule has 1 amide bonds. The van der Waals surface area contributed by atoms with Crippen molar-refractivity contribution >= 4 is 17.2 Å². The summed E-state index contributed by atoms with van der Waals surface area (Å²) in [7, 11) is 1.99. The topological polar surface area (TPSA) is 32.3 Å². The van der Waals surface area contributed by atoms with Gasteiger partial charge in [-0.15, -0.1) is 11.3 Å². The molecule has 4 heteroatoms. The van der Waals surface area contributed by atoms with Gasteiger partial charge in [-0.05, 0) is 54.4 Å². The van der Waals surface area contributed by atoms with Gasteiger partial charge in [-0.2, -0.15) is 0 Å². The molecule has 0 bridgehead atoms. The van der Waals surface area contributed by atoms with Crippen LogP contribution in [0, 0.1) is 6.92 Å². The molecule has 0 aliphatic rings. The second kappa shape index (κ2) is 9.00. The summed E-state index contributed by atoms with van der Waals surface area (Å²) in [6.07, 6.45) is 0.873. The van der Waals surface area contributed by atoms with E-state index < -0.39 is 0 Å². The average Bonchev–Trinajstić information content (AvgIpc) is 2.92. The zero-order chi connectivity index (χ0) is 17.5. The Balaban J connectivity index is 1.70. The van der Waals surface area contributed by atoms with E-state index in [1.54, 1.807) is 11.3 Å². The smallest absolute Gasteiger partial charge is 0.234 e. The molecule has 24 heavy (non-hydrogen) atoms. The zero-order valence-corrected chi connectivity index (χ0v) is 16.0. The second-order valence-corrected chi connectivity index (χ2v) is 7.70. The highest BCUT2D eigenvalue weighted by atomic mass is 32.1. The lowest BCUT2D eigenvalue weighted by Crippen LogP contribution is -2.35. The van der Waals surface area contributed by atoms with E-state index in [9.17, 15) is 4.79 Å². The fraction of sp³-hybridized carbons (Fsp3) is 0.450. The van der Waals surface area contributed by atoms with Crippen LogP contribution >= 0.6 is 11.3 Å². The first-order valence-electron chi connectivity index (χ1n) is 8.52. The predicted octanol–water partition coefficient (Wildman–Crippen LogP) is 3.97. The molecule has 1 heterocycles. The molecular formula is C20H28N2OS. The fourth-order valence-corrected chi connectivity index (χ4v) is 3.57. The molecule has 0 aliphatic heterocycles. The van der Waals surface area contributed by atoms with Gasteiger partial charge < -0.3 is 5.32 Å². The number of aryl methyl sites for hydroxylation is 1. The van der Waals surface area contributed by atoms with Crippen LogP contribution in [-0.4, -0.2) is 30.9 Å². The maximum atomic E-state index is 12.1. The van der Waals surface area contributed by atoms with Gasteiger partial charge in [-0.25, -0.2) is 0 Å². The van der Waals surface area contributed by atoms with Gasteiger partial charge in [0.25, 0.3) is 0 Å². The van der Waals surface area contributed by atoms with Gasteiger partial charge in [0.05, 0.1) is 6.54 Å². The van der Waals surface area contributed by atoms with Crippen LogP contribution < -0.4 is 5.32 Å². The molecule has 1 aromatic heterocycles. The summed E-state index contributed by atoms with van der Waals surface area (Å²) < 4.78 is 0. The number of likely N-dealkylation sites (N-methyl/N-ethyl adjacent to an activating group) is 1. The Bertz CT molecular complexity index is 646. The van der Waals surface area contributed by atoms with Crippen LogP contribution in [0.25, 0.3) is 0 Å². The largest absolute Gasteiger partial charge is 0.355 e. The third kappa shape index (κ3) is 5.77. The Morgan fingerprint density at radius 3 is 2.50 bits per heavy atom. The first kappa shape index (κ1) is 18.7.